The number of nitrogens with one attached hydrogen (secondary N) is 2. The van der Waals surface area contributed by atoms with Crippen molar-refractivity contribution in [3.05, 3.63) is 57.8 Å². The highest BCUT2D eigenvalue weighted by Gasteiger charge is 2.06. The maximum absolute atomic E-state index is 11.8. The standard InChI is InChI=1S/C14H14N4O3/c1-2-11-9-15-17-14(11)16-13(19)7-6-10-4-3-5-12(8-10)18(20)21/h3-9H,2H2,1H3,(H2,15,16,17,19)/b7-6+. The Labute approximate surface area is 120 Å². The molecule has 0 bridgehead atoms. The molecule has 0 atom stereocenters. The number of H-pyrrole nitrogens is 1. The lowest BCUT2D eigenvalue weighted by molar-refractivity contribution is -0.384. The highest BCUT2D eigenvalue weighted by Crippen LogP contribution is 2.15. The van der Waals surface area contributed by atoms with Crippen LogP contribution in [-0.4, -0.2) is 21.0 Å². The van der Waals surface area contributed by atoms with Crippen molar-refractivity contribution in [3.63, 3.8) is 0 Å². The van der Waals surface area contributed by atoms with Gasteiger partial charge in [-0.1, -0.05) is 19.1 Å². The van der Waals surface area contributed by atoms with Crippen molar-refractivity contribution in [1.29, 1.82) is 0 Å². The molecule has 1 aromatic heterocycles. The molecule has 0 aliphatic carbocycles. The van der Waals surface area contributed by atoms with Crippen molar-refractivity contribution in [2.24, 2.45) is 0 Å². The van der Waals surface area contributed by atoms with Crippen molar-refractivity contribution >= 4 is 23.5 Å². The lowest BCUT2D eigenvalue weighted by Crippen LogP contribution is -2.09. The molecular formula is C14H14N4O3. The van der Waals surface area contributed by atoms with Gasteiger partial charge in [-0.05, 0) is 18.1 Å². The summed E-state index contributed by atoms with van der Waals surface area (Å²) >= 11 is 0. The number of hydrogen-bond acceptors (Lipinski definition) is 4. The van der Waals surface area contributed by atoms with Crippen LogP contribution in [0.2, 0.25) is 0 Å². The third-order valence-electron chi connectivity index (χ3n) is 2.86. The normalized spacial score (nSPS) is 10.7. The second-order valence-electron chi connectivity index (χ2n) is 4.30. The van der Waals surface area contributed by atoms with Crippen LogP contribution in [0.1, 0.15) is 18.1 Å². The van der Waals surface area contributed by atoms with Gasteiger partial charge in [0.2, 0.25) is 5.91 Å². The number of nitro benzene ring substituents is 1. The van der Waals surface area contributed by atoms with E-state index in [9.17, 15) is 14.9 Å². The van der Waals surface area contributed by atoms with Crippen LogP contribution >= 0.6 is 0 Å². The van der Waals surface area contributed by atoms with Gasteiger partial charge >= 0.3 is 0 Å². The van der Waals surface area contributed by atoms with Gasteiger partial charge in [0.15, 0.2) is 0 Å². The van der Waals surface area contributed by atoms with Gasteiger partial charge < -0.3 is 5.32 Å². The van der Waals surface area contributed by atoms with Gasteiger partial charge in [-0.25, -0.2) is 0 Å². The first-order valence-electron chi connectivity index (χ1n) is 6.36. The molecule has 2 aromatic rings. The molecule has 108 valence electrons. The number of non-ortho nitro benzene ring substituents is 1. The number of aromatic nitrogens is 2. The van der Waals surface area contributed by atoms with Gasteiger partial charge in [-0.2, -0.15) is 5.10 Å². The predicted octanol–water partition coefficient (Wildman–Crippen LogP) is 2.53. The molecule has 0 saturated heterocycles. The minimum absolute atomic E-state index is 0.0144. The van der Waals surface area contributed by atoms with E-state index in [-0.39, 0.29) is 11.6 Å². The molecule has 0 saturated carbocycles. The third-order valence-corrected chi connectivity index (χ3v) is 2.86. The van der Waals surface area contributed by atoms with Crippen LogP contribution in [0.3, 0.4) is 0 Å². The predicted molar refractivity (Wildman–Crippen MR) is 78.7 cm³/mol. The zero-order valence-corrected chi connectivity index (χ0v) is 11.4. The molecule has 1 heterocycles. The zero-order valence-electron chi connectivity index (χ0n) is 11.4. The molecular weight excluding hydrogens is 272 g/mol. The Hall–Kier alpha value is -2.96. The van der Waals surface area contributed by atoms with E-state index >= 15 is 0 Å². The fraction of sp³-hybridized carbons (Fsp3) is 0.143. The molecule has 21 heavy (non-hydrogen) atoms. The lowest BCUT2D eigenvalue weighted by atomic mass is 10.2. The number of nitrogens with zero attached hydrogens (tertiary/aromatic N) is 2. The minimum atomic E-state index is -0.477. The van der Waals surface area contributed by atoms with Crippen molar-refractivity contribution < 1.29 is 9.72 Å². The largest absolute Gasteiger partial charge is 0.307 e. The van der Waals surface area contributed by atoms with Crippen LogP contribution in [0, 0.1) is 10.1 Å². The fourth-order valence-electron chi connectivity index (χ4n) is 1.77. The van der Waals surface area contributed by atoms with E-state index in [1.807, 2.05) is 6.92 Å². The Morgan fingerprint density at radius 2 is 2.33 bits per heavy atom. The number of hydrogen-bond donors (Lipinski definition) is 2. The molecule has 1 aromatic carbocycles. The van der Waals surface area contributed by atoms with Crippen molar-refractivity contribution in [2.45, 2.75) is 13.3 Å². The summed E-state index contributed by atoms with van der Waals surface area (Å²) in [6, 6.07) is 6.05. The number of nitro groups is 1. The number of amides is 1. The average molecular weight is 286 g/mol. The Bertz CT molecular complexity index is 691. The van der Waals surface area contributed by atoms with Crippen LogP contribution in [0.5, 0.6) is 0 Å². The second kappa shape index (κ2) is 6.47. The molecule has 7 heteroatoms. The molecule has 0 radical (unpaired) electrons. The Kier molecular flexibility index (Phi) is 4.45. The maximum atomic E-state index is 11.8. The Morgan fingerprint density at radius 1 is 1.52 bits per heavy atom. The molecule has 1 amide bonds. The van der Waals surface area contributed by atoms with Gasteiger partial charge in [-0.15, -0.1) is 0 Å². The Balaban J connectivity index is 2.05. The summed E-state index contributed by atoms with van der Waals surface area (Å²) in [6.07, 6.45) is 5.24. The second-order valence-corrected chi connectivity index (χ2v) is 4.30. The first kappa shape index (κ1) is 14.4. The molecule has 0 spiro atoms. The monoisotopic (exact) mass is 286 g/mol. The van der Waals surface area contributed by atoms with E-state index in [4.69, 9.17) is 0 Å². The summed E-state index contributed by atoms with van der Waals surface area (Å²) < 4.78 is 0. The quantitative estimate of drug-likeness (QED) is 0.501. The molecule has 0 aliphatic rings. The van der Waals surface area contributed by atoms with Gasteiger partial charge in [0.25, 0.3) is 5.69 Å². The number of aromatic amines is 1. The van der Waals surface area contributed by atoms with Gasteiger partial charge in [-0.3, -0.25) is 20.0 Å². The molecule has 2 rings (SSSR count). The van der Waals surface area contributed by atoms with E-state index < -0.39 is 4.92 Å². The summed E-state index contributed by atoms with van der Waals surface area (Å²) in [7, 11) is 0. The van der Waals surface area contributed by atoms with Crippen LogP contribution in [0.15, 0.2) is 36.5 Å². The number of carbonyl (C=O) groups is 1. The third kappa shape index (κ3) is 3.75. The summed E-state index contributed by atoms with van der Waals surface area (Å²) in [6.45, 7) is 1.96. The maximum Gasteiger partial charge on any atom is 0.270 e. The number of aryl methyl sites for hydroxylation is 1. The minimum Gasteiger partial charge on any atom is -0.307 e. The molecule has 0 fully saturated rings. The summed E-state index contributed by atoms with van der Waals surface area (Å²) in [4.78, 5) is 22.0. The summed E-state index contributed by atoms with van der Waals surface area (Å²) in [5.41, 5.74) is 1.48. The SMILES string of the molecule is CCc1cn[nH]c1NC(=O)/C=C/c1cccc([N+](=O)[O-])c1. The molecule has 0 unspecified atom stereocenters. The number of benzene rings is 1. The highest BCUT2D eigenvalue weighted by molar-refractivity contribution is 6.01. The average Bonchev–Trinajstić information content (AvgIpc) is 2.92. The molecule has 7 nitrogen and oxygen atoms in total. The van der Waals surface area contributed by atoms with Gasteiger partial charge in [0.1, 0.15) is 5.82 Å². The van der Waals surface area contributed by atoms with Crippen LogP contribution in [-0.2, 0) is 11.2 Å². The topological polar surface area (TPSA) is 101 Å². The highest BCUT2D eigenvalue weighted by atomic mass is 16.6. The summed E-state index contributed by atoms with van der Waals surface area (Å²) in [5, 5.41) is 19.9. The number of carbonyl (C=O) groups excluding carboxylic acids is 1. The van der Waals surface area contributed by atoms with E-state index in [1.54, 1.807) is 18.3 Å². The summed E-state index contributed by atoms with van der Waals surface area (Å²) in [5.74, 6) is 0.228. The Morgan fingerprint density at radius 3 is 3.05 bits per heavy atom. The van der Waals surface area contributed by atoms with Gasteiger partial charge in [0.05, 0.1) is 11.1 Å². The van der Waals surface area contributed by atoms with Crippen molar-refractivity contribution in [3.8, 4) is 0 Å². The van der Waals surface area contributed by atoms with E-state index in [1.165, 1.54) is 24.3 Å². The van der Waals surface area contributed by atoms with Crippen LogP contribution in [0.4, 0.5) is 11.5 Å². The van der Waals surface area contributed by atoms with Crippen molar-refractivity contribution in [2.75, 3.05) is 5.32 Å². The zero-order chi connectivity index (χ0) is 15.2. The van der Waals surface area contributed by atoms with E-state index in [0.717, 1.165) is 12.0 Å². The number of anilines is 1. The molecule has 2 N–H and O–H groups in total. The first-order chi connectivity index (χ1) is 10.1. The smallest absolute Gasteiger partial charge is 0.270 e. The van der Waals surface area contributed by atoms with Gasteiger partial charge in [0, 0.05) is 23.8 Å². The molecule has 0 aliphatic heterocycles. The first-order valence-corrected chi connectivity index (χ1v) is 6.36. The van der Waals surface area contributed by atoms with E-state index in [2.05, 4.69) is 15.5 Å². The lowest BCUT2D eigenvalue weighted by Gasteiger charge is -2.00. The van der Waals surface area contributed by atoms with Crippen molar-refractivity contribution in [1.82, 2.24) is 10.2 Å². The fourth-order valence-corrected chi connectivity index (χ4v) is 1.77. The number of rotatable bonds is 5. The van der Waals surface area contributed by atoms with Crippen LogP contribution in [0.25, 0.3) is 6.08 Å². The van der Waals surface area contributed by atoms with Crippen LogP contribution < -0.4 is 5.32 Å². The van der Waals surface area contributed by atoms with E-state index in [0.29, 0.717) is 11.4 Å².